The number of benzene rings is 1. The van der Waals surface area contributed by atoms with E-state index >= 15 is 0 Å². The number of halogens is 2. The summed E-state index contributed by atoms with van der Waals surface area (Å²) in [5.41, 5.74) is 6.21. The zero-order valence-corrected chi connectivity index (χ0v) is 10.5. The van der Waals surface area contributed by atoms with E-state index < -0.39 is 29.1 Å². The van der Waals surface area contributed by atoms with Gasteiger partial charge in [0.15, 0.2) is 0 Å². The number of nitrogen functional groups attached to an aromatic ring is 1. The van der Waals surface area contributed by atoms with E-state index in [0.717, 1.165) is 0 Å². The van der Waals surface area contributed by atoms with Gasteiger partial charge in [-0.25, -0.2) is 21.9 Å². The Bertz CT molecular complexity index is 532. The first kappa shape index (κ1) is 14.8. The van der Waals surface area contributed by atoms with Crippen LogP contribution in [-0.2, 0) is 10.0 Å². The van der Waals surface area contributed by atoms with E-state index in [2.05, 4.69) is 0 Å². The number of aliphatic hydroxyl groups is 1. The van der Waals surface area contributed by atoms with Gasteiger partial charge in [-0.05, 0) is 30.7 Å². The largest absolute Gasteiger partial charge is 0.399 e. The molecule has 0 spiro atoms. The summed E-state index contributed by atoms with van der Waals surface area (Å²) >= 11 is 0. The number of alkyl halides is 2. The summed E-state index contributed by atoms with van der Waals surface area (Å²) in [7, 11) is -4.05. The maximum Gasteiger partial charge on any atom is 0.283 e. The number of nitrogens with two attached hydrogens (primary N) is 1. The molecular formula is C10H14F2N2O3S. The van der Waals surface area contributed by atoms with E-state index in [-0.39, 0.29) is 4.90 Å². The molecule has 0 saturated carbocycles. The second-order valence-corrected chi connectivity index (χ2v) is 5.60. The number of aliphatic hydroxyl groups excluding tert-OH is 1. The van der Waals surface area contributed by atoms with Crippen LogP contribution in [0.1, 0.15) is 5.56 Å². The number of rotatable bonds is 5. The van der Waals surface area contributed by atoms with Gasteiger partial charge in [-0.3, -0.25) is 0 Å². The fourth-order valence-corrected chi connectivity index (χ4v) is 2.60. The summed E-state index contributed by atoms with van der Waals surface area (Å²) in [4.78, 5) is -0.120. The first-order chi connectivity index (χ1) is 8.18. The lowest BCUT2D eigenvalue weighted by molar-refractivity contribution is -0.0437. The molecular weight excluding hydrogens is 266 g/mol. The van der Waals surface area contributed by atoms with Crippen molar-refractivity contribution in [1.82, 2.24) is 4.72 Å². The molecule has 4 N–H and O–H groups in total. The zero-order valence-electron chi connectivity index (χ0n) is 9.65. The van der Waals surface area contributed by atoms with Crippen molar-refractivity contribution < 1.29 is 22.3 Å². The van der Waals surface area contributed by atoms with Crippen molar-refractivity contribution in [3.05, 3.63) is 23.8 Å². The predicted octanol–water partition coefficient (Wildman–Crippen LogP) is 0.483. The van der Waals surface area contributed by atoms with Gasteiger partial charge in [0.1, 0.15) is 6.61 Å². The molecule has 102 valence electrons. The zero-order chi connectivity index (χ0) is 14.0. The van der Waals surface area contributed by atoms with Gasteiger partial charge >= 0.3 is 0 Å². The third-order valence-electron chi connectivity index (χ3n) is 2.24. The first-order valence-corrected chi connectivity index (χ1v) is 6.51. The van der Waals surface area contributed by atoms with Crippen LogP contribution in [-0.4, -0.2) is 32.6 Å². The first-order valence-electron chi connectivity index (χ1n) is 5.02. The van der Waals surface area contributed by atoms with Crippen molar-refractivity contribution in [2.24, 2.45) is 0 Å². The molecule has 8 heteroatoms. The highest BCUT2D eigenvalue weighted by molar-refractivity contribution is 7.89. The van der Waals surface area contributed by atoms with E-state index in [1.165, 1.54) is 25.1 Å². The molecule has 5 nitrogen and oxygen atoms in total. The summed E-state index contributed by atoms with van der Waals surface area (Å²) in [5.74, 6) is -3.49. The second kappa shape index (κ2) is 5.17. The number of anilines is 1. The molecule has 0 fully saturated rings. The Hall–Kier alpha value is -1.25. The maximum absolute atomic E-state index is 12.8. The lowest BCUT2D eigenvalue weighted by Crippen LogP contribution is -2.39. The average Bonchev–Trinajstić information content (AvgIpc) is 2.26. The van der Waals surface area contributed by atoms with Crippen molar-refractivity contribution >= 4 is 15.7 Å². The maximum atomic E-state index is 12.8. The SMILES string of the molecule is Cc1cc(N)ccc1S(=O)(=O)NCC(F)(F)CO. The standard InChI is InChI=1S/C10H14F2N2O3S/c1-7-4-8(13)2-3-9(7)18(16,17)14-5-10(11,12)6-15/h2-4,14-15H,5-6,13H2,1H3. The molecule has 0 aliphatic rings. The highest BCUT2D eigenvalue weighted by atomic mass is 32.2. The minimum absolute atomic E-state index is 0.120. The molecule has 0 aliphatic carbocycles. The van der Waals surface area contributed by atoms with Gasteiger partial charge < -0.3 is 10.8 Å². The van der Waals surface area contributed by atoms with E-state index in [1.54, 1.807) is 4.72 Å². The van der Waals surface area contributed by atoms with E-state index in [4.69, 9.17) is 10.8 Å². The average molecular weight is 280 g/mol. The van der Waals surface area contributed by atoms with Gasteiger partial charge in [-0.15, -0.1) is 0 Å². The number of sulfonamides is 1. The lowest BCUT2D eigenvalue weighted by Gasteiger charge is -2.15. The fraction of sp³-hybridized carbons (Fsp3) is 0.400. The number of hydrogen-bond acceptors (Lipinski definition) is 4. The van der Waals surface area contributed by atoms with Crippen LogP contribution in [0.5, 0.6) is 0 Å². The summed E-state index contributed by atoms with van der Waals surface area (Å²) in [6.45, 7) is -1.07. The summed E-state index contributed by atoms with van der Waals surface area (Å²) in [6.07, 6.45) is 0. The Morgan fingerprint density at radius 3 is 2.56 bits per heavy atom. The van der Waals surface area contributed by atoms with E-state index in [1.807, 2.05) is 0 Å². The molecule has 1 rings (SSSR count). The Kier molecular flexibility index (Phi) is 4.25. The van der Waals surface area contributed by atoms with Crippen molar-refractivity contribution in [2.75, 3.05) is 18.9 Å². The molecule has 0 heterocycles. The minimum Gasteiger partial charge on any atom is -0.399 e. The van der Waals surface area contributed by atoms with Crippen LogP contribution in [0, 0.1) is 6.92 Å². The monoisotopic (exact) mass is 280 g/mol. The highest BCUT2D eigenvalue weighted by Gasteiger charge is 2.30. The molecule has 0 radical (unpaired) electrons. The molecule has 1 aromatic rings. The van der Waals surface area contributed by atoms with Crippen LogP contribution in [0.25, 0.3) is 0 Å². The molecule has 0 saturated heterocycles. The van der Waals surface area contributed by atoms with Gasteiger partial charge in [0.25, 0.3) is 5.92 Å². The van der Waals surface area contributed by atoms with Crippen LogP contribution < -0.4 is 10.5 Å². The molecule has 0 bridgehead atoms. The minimum atomic E-state index is -4.05. The quantitative estimate of drug-likeness (QED) is 0.684. The summed E-state index contributed by atoms with van der Waals surface area (Å²) in [6, 6.07) is 4.04. The highest BCUT2D eigenvalue weighted by Crippen LogP contribution is 2.19. The number of nitrogens with one attached hydrogen (secondary N) is 1. The van der Waals surface area contributed by atoms with Gasteiger partial charge in [0.05, 0.1) is 11.4 Å². The van der Waals surface area contributed by atoms with Gasteiger partial charge in [-0.2, -0.15) is 0 Å². The Labute approximate surface area is 104 Å². The summed E-state index contributed by atoms with van der Waals surface area (Å²) < 4.78 is 50.8. The summed E-state index contributed by atoms with van der Waals surface area (Å²) in [5, 5.41) is 8.35. The smallest absolute Gasteiger partial charge is 0.283 e. The molecule has 0 amide bonds. The van der Waals surface area contributed by atoms with Crippen molar-refractivity contribution in [2.45, 2.75) is 17.7 Å². The normalized spacial score (nSPS) is 12.7. The van der Waals surface area contributed by atoms with Crippen molar-refractivity contribution in [3.63, 3.8) is 0 Å². The van der Waals surface area contributed by atoms with Crippen LogP contribution >= 0.6 is 0 Å². The topological polar surface area (TPSA) is 92.4 Å². The molecule has 0 aliphatic heterocycles. The van der Waals surface area contributed by atoms with Crippen LogP contribution in [0.4, 0.5) is 14.5 Å². The molecule has 0 atom stereocenters. The third kappa shape index (κ3) is 3.62. The van der Waals surface area contributed by atoms with Gasteiger partial charge in [-0.1, -0.05) is 0 Å². The lowest BCUT2D eigenvalue weighted by atomic mass is 10.2. The molecule has 18 heavy (non-hydrogen) atoms. The second-order valence-electron chi connectivity index (χ2n) is 3.86. The Morgan fingerprint density at radius 2 is 2.06 bits per heavy atom. The van der Waals surface area contributed by atoms with Crippen molar-refractivity contribution in [1.29, 1.82) is 0 Å². The molecule has 0 unspecified atom stereocenters. The number of hydrogen-bond donors (Lipinski definition) is 3. The van der Waals surface area contributed by atoms with E-state index in [0.29, 0.717) is 11.3 Å². The number of aryl methyl sites for hydroxylation is 1. The fourth-order valence-electron chi connectivity index (χ4n) is 1.31. The predicted molar refractivity (Wildman–Crippen MR) is 62.8 cm³/mol. The van der Waals surface area contributed by atoms with Crippen LogP contribution in [0.3, 0.4) is 0 Å². The van der Waals surface area contributed by atoms with Gasteiger partial charge in [0, 0.05) is 5.69 Å². The van der Waals surface area contributed by atoms with Crippen LogP contribution in [0.2, 0.25) is 0 Å². The van der Waals surface area contributed by atoms with Crippen molar-refractivity contribution in [3.8, 4) is 0 Å². The third-order valence-corrected chi connectivity index (χ3v) is 3.80. The Balaban J connectivity index is 2.94. The Morgan fingerprint density at radius 1 is 1.44 bits per heavy atom. The van der Waals surface area contributed by atoms with E-state index in [9.17, 15) is 17.2 Å². The molecule has 1 aromatic carbocycles. The van der Waals surface area contributed by atoms with Gasteiger partial charge in [0.2, 0.25) is 10.0 Å². The van der Waals surface area contributed by atoms with Crippen LogP contribution in [0.15, 0.2) is 23.1 Å². The molecule has 0 aromatic heterocycles.